The van der Waals surface area contributed by atoms with E-state index >= 15 is 0 Å². The molecule has 1 atom stereocenters. The van der Waals surface area contributed by atoms with Gasteiger partial charge in [0.1, 0.15) is 0 Å². The summed E-state index contributed by atoms with van der Waals surface area (Å²) in [6.07, 6.45) is 5.61. The van der Waals surface area contributed by atoms with Crippen molar-refractivity contribution in [3.05, 3.63) is 24.2 Å². The molecule has 0 fully saturated rings. The predicted molar refractivity (Wildman–Crippen MR) is 57.0 cm³/mol. The summed E-state index contributed by atoms with van der Waals surface area (Å²) in [5.41, 5.74) is 7.03. The van der Waals surface area contributed by atoms with Gasteiger partial charge in [-0.1, -0.05) is 13.8 Å². The average molecular weight is 204 g/mol. The Morgan fingerprint density at radius 1 is 1.38 bits per heavy atom. The molecule has 1 rings (SSSR count). The molecule has 0 aliphatic carbocycles. The Bertz CT molecular complexity index is 209. The molecule has 1 aromatic rings. The number of furan rings is 1. The van der Waals surface area contributed by atoms with Crippen molar-refractivity contribution in [2.75, 3.05) is 0 Å². The quantitative estimate of drug-likeness (QED) is 0.817. The van der Waals surface area contributed by atoms with Gasteiger partial charge in [0.25, 0.3) is 0 Å². The fourth-order valence-corrected chi connectivity index (χ4v) is 1.17. The highest BCUT2D eigenvalue weighted by atomic mass is 35.5. The number of halogens is 1. The second-order valence-electron chi connectivity index (χ2n) is 3.63. The van der Waals surface area contributed by atoms with E-state index in [-0.39, 0.29) is 18.4 Å². The van der Waals surface area contributed by atoms with Crippen molar-refractivity contribution in [3.63, 3.8) is 0 Å². The van der Waals surface area contributed by atoms with Crippen LogP contribution in [-0.2, 0) is 0 Å². The maximum Gasteiger partial charge on any atom is 0.0950 e. The summed E-state index contributed by atoms with van der Waals surface area (Å²) in [6.45, 7) is 4.42. The van der Waals surface area contributed by atoms with Crippen LogP contribution in [0.15, 0.2) is 23.0 Å². The zero-order chi connectivity index (χ0) is 8.97. The van der Waals surface area contributed by atoms with E-state index in [0.717, 1.165) is 17.9 Å². The normalized spacial score (nSPS) is 12.6. The SMILES string of the molecule is CC(C)CC[C@@H](N)c1ccoc1.Cl. The Hall–Kier alpha value is -0.470. The van der Waals surface area contributed by atoms with Gasteiger partial charge in [0, 0.05) is 11.6 Å². The van der Waals surface area contributed by atoms with Gasteiger partial charge in [-0.25, -0.2) is 0 Å². The molecule has 0 radical (unpaired) electrons. The van der Waals surface area contributed by atoms with E-state index in [1.165, 1.54) is 6.42 Å². The zero-order valence-electron chi connectivity index (χ0n) is 8.19. The standard InChI is InChI=1S/C10H17NO.ClH/c1-8(2)3-4-10(11)9-5-6-12-7-9;/h5-8,10H,3-4,11H2,1-2H3;1H/t10-;/m1./s1. The van der Waals surface area contributed by atoms with Crippen LogP contribution in [0.5, 0.6) is 0 Å². The maximum absolute atomic E-state index is 5.93. The van der Waals surface area contributed by atoms with Crippen molar-refractivity contribution in [1.29, 1.82) is 0 Å². The third-order valence-electron chi connectivity index (χ3n) is 2.03. The smallest absolute Gasteiger partial charge is 0.0950 e. The van der Waals surface area contributed by atoms with Gasteiger partial charge in [0.2, 0.25) is 0 Å². The molecule has 0 aromatic carbocycles. The van der Waals surface area contributed by atoms with Crippen LogP contribution in [-0.4, -0.2) is 0 Å². The fourth-order valence-electron chi connectivity index (χ4n) is 1.17. The van der Waals surface area contributed by atoms with Crippen molar-refractivity contribution in [3.8, 4) is 0 Å². The largest absolute Gasteiger partial charge is 0.472 e. The van der Waals surface area contributed by atoms with Crippen LogP contribution in [0.2, 0.25) is 0 Å². The number of hydrogen-bond acceptors (Lipinski definition) is 2. The molecule has 0 amide bonds. The molecule has 0 unspecified atom stereocenters. The van der Waals surface area contributed by atoms with E-state index in [9.17, 15) is 0 Å². The number of rotatable bonds is 4. The van der Waals surface area contributed by atoms with Gasteiger partial charge in [-0.05, 0) is 24.8 Å². The van der Waals surface area contributed by atoms with Crippen LogP contribution in [0.3, 0.4) is 0 Å². The molecule has 2 nitrogen and oxygen atoms in total. The predicted octanol–water partition coefficient (Wildman–Crippen LogP) is 3.14. The summed E-state index contributed by atoms with van der Waals surface area (Å²) in [7, 11) is 0. The van der Waals surface area contributed by atoms with E-state index in [2.05, 4.69) is 13.8 Å². The first-order chi connectivity index (χ1) is 5.70. The minimum Gasteiger partial charge on any atom is -0.472 e. The molecule has 0 saturated carbocycles. The van der Waals surface area contributed by atoms with Crippen molar-refractivity contribution in [1.82, 2.24) is 0 Å². The van der Waals surface area contributed by atoms with Gasteiger partial charge in [0.05, 0.1) is 12.5 Å². The molecular formula is C10H18ClNO. The third-order valence-corrected chi connectivity index (χ3v) is 2.03. The van der Waals surface area contributed by atoms with Crippen LogP contribution in [0.1, 0.15) is 38.3 Å². The average Bonchev–Trinajstić information content (AvgIpc) is 2.51. The Kier molecular flexibility index (Phi) is 5.84. The van der Waals surface area contributed by atoms with Gasteiger partial charge in [-0.2, -0.15) is 0 Å². The van der Waals surface area contributed by atoms with E-state index in [1.54, 1.807) is 12.5 Å². The molecule has 0 bridgehead atoms. The second-order valence-corrected chi connectivity index (χ2v) is 3.63. The first kappa shape index (κ1) is 12.5. The summed E-state index contributed by atoms with van der Waals surface area (Å²) < 4.78 is 4.96. The minimum absolute atomic E-state index is 0. The third kappa shape index (κ3) is 4.34. The minimum atomic E-state index is 0. The summed E-state index contributed by atoms with van der Waals surface area (Å²) in [5.74, 6) is 0.725. The highest BCUT2D eigenvalue weighted by Crippen LogP contribution is 2.18. The highest BCUT2D eigenvalue weighted by Gasteiger charge is 2.07. The topological polar surface area (TPSA) is 39.2 Å². The van der Waals surface area contributed by atoms with Crippen molar-refractivity contribution in [2.24, 2.45) is 11.7 Å². The molecule has 0 aliphatic rings. The first-order valence-electron chi connectivity index (χ1n) is 4.48. The molecule has 76 valence electrons. The van der Waals surface area contributed by atoms with Crippen molar-refractivity contribution < 1.29 is 4.42 Å². The Labute approximate surface area is 85.9 Å². The molecule has 3 heteroatoms. The molecule has 1 aromatic heterocycles. The lowest BCUT2D eigenvalue weighted by Crippen LogP contribution is -2.10. The molecule has 0 aliphatic heterocycles. The summed E-state index contributed by atoms with van der Waals surface area (Å²) in [5, 5.41) is 0. The molecule has 13 heavy (non-hydrogen) atoms. The maximum atomic E-state index is 5.93. The van der Waals surface area contributed by atoms with Crippen LogP contribution in [0.25, 0.3) is 0 Å². The summed E-state index contributed by atoms with van der Waals surface area (Å²) >= 11 is 0. The van der Waals surface area contributed by atoms with Gasteiger partial charge in [0.15, 0.2) is 0 Å². The lowest BCUT2D eigenvalue weighted by Gasteiger charge is -2.10. The first-order valence-corrected chi connectivity index (χ1v) is 4.48. The number of hydrogen-bond donors (Lipinski definition) is 1. The Balaban J connectivity index is 0.00000144. The lowest BCUT2D eigenvalue weighted by molar-refractivity contribution is 0.500. The summed E-state index contributed by atoms with van der Waals surface area (Å²) in [6, 6.07) is 2.08. The number of nitrogens with two attached hydrogens (primary N) is 1. The van der Waals surface area contributed by atoms with Crippen LogP contribution in [0.4, 0.5) is 0 Å². The Morgan fingerprint density at radius 2 is 2.08 bits per heavy atom. The van der Waals surface area contributed by atoms with Crippen molar-refractivity contribution >= 4 is 12.4 Å². The van der Waals surface area contributed by atoms with Crippen LogP contribution < -0.4 is 5.73 Å². The van der Waals surface area contributed by atoms with E-state index in [0.29, 0.717) is 0 Å². The van der Waals surface area contributed by atoms with Gasteiger partial charge in [-0.3, -0.25) is 0 Å². The second kappa shape index (κ2) is 6.06. The van der Waals surface area contributed by atoms with E-state index in [4.69, 9.17) is 10.2 Å². The Morgan fingerprint density at radius 3 is 2.54 bits per heavy atom. The highest BCUT2D eigenvalue weighted by molar-refractivity contribution is 5.85. The van der Waals surface area contributed by atoms with E-state index in [1.807, 2.05) is 6.07 Å². The van der Waals surface area contributed by atoms with Gasteiger partial charge >= 0.3 is 0 Å². The molecular weight excluding hydrogens is 186 g/mol. The monoisotopic (exact) mass is 203 g/mol. The molecule has 0 saturated heterocycles. The fraction of sp³-hybridized carbons (Fsp3) is 0.600. The molecule has 1 heterocycles. The zero-order valence-corrected chi connectivity index (χ0v) is 9.01. The van der Waals surface area contributed by atoms with Crippen LogP contribution >= 0.6 is 12.4 Å². The molecule has 0 spiro atoms. The lowest BCUT2D eigenvalue weighted by atomic mass is 10.0. The summed E-state index contributed by atoms with van der Waals surface area (Å²) in [4.78, 5) is 0. The van der Waals surface area contributed by atoms with E-state index < -0.39 is 0 Å². The van der Waals surface area contributed by atoms with Crippen LogP contribution in [0, 0.1) is 5.92 Å². The van der Waals surface area contributed by atoms with Gasteiger partial charge < -0.3 is 10.2 Å². The van der Waals surface area contributed by atoms with Gasteiger partial charge in [-0.15, -0.1) is 12.4 Å². The van der Waals surface area contributed by atoms with Crippen molar-refractivity contribution in [2.45, 2.75) is 32.7 Å². The molecule has 2 N–H and O–H groups in total.